The molecule has 0 aromatic heterocycles. The number of nitrogen functional groups attached to an aromatic ring is 1. The molecule has 3 rings (SSSR count). The minimum Gasteiger partial charge on any atom is -0.491 e. The van der Waals surface area contributed by atoms with Crippen LogP contribution in [0.5, 0.6) is 5.75 Å². The zero-order valence-electron chi connectivity index (χ0n) is 10.8. The van der Waals surface area contributed by atoms with Crippen LogP contribution in [0, 0.1) is 6.92 Å². The van der Waals surface area contributed by atoms with Crippen LogP contribution in [0.2, 0.25) is 0 Å². The number of rotatable bonds is 3. The molecule has 3 heteroatoms. The molecule has 2 aliphatic rings. The van der Waals surface area contributed by atoms with Crippen molar-refractivity contribution in [1.29, 1.82) is 0 Å². The van der Waals surface area contributed by atoms with Gasteiger partial charge in [-0.15, -0.1) is 0 Å². The Kier molecular flexibility index (Phi) is 3.82. The normalized spacial score (nSPS) is 10.3. The minimum atomic E-state index is 0.725. The summed E-state index contributed by atoms with van der Waals surface area (Å²) in [6.07, 6.45) is 2.83. The summed E-state index contributed by atoms with van der Waals surface area (Å²) in [4.78, 5) is 3.95. The summed E-state index contributed by atoms with van der Waals surface area (Å²) in [5.74, 6) is 0.794. The molecule has 0 atom stereocenters. The van der Waals surface area contributed by atoms with Crippen molar-refractivity contribution >= 4 is 5.69 Å². The first-order valence-electron chi connectivity index (χ1n) is 6.16. The predicted octanol–water partition coefficient (Wildman–Crippen LogP) is 3.43. The molecule has 1 aliphatic carbocycles. The van der Waals surface area contributed by atoms with E-state index in [9.17, 15) is 0 Å². The number of fused-ring (bicyclic) bond motifs is 1. The number of pyridine rings is 1. The van der Waals surface area contributed by atoms with Crippen molar-refractivity contribution in [3.8, 4) is 17.0 Å². The molecule has 94 valence electrons. The first-order chi connectivity index (χ1) is 8.70. The number of hydrogen-bond acceptors (Lipinski definition) is 3. The maximum atomic E-state index is 5.74. The Morgan fingerprint density at radius 1 is 1.22 bits per heavy atom. The first-order valence-corrected chi connectivity index (χ1v) is 6.16. The number of anilines is 1. The van der Waals surface area contributed by atoms with Crippen LogP contribution in [0.1, 0.15) is 18.9 Å². The van der Waals surface area contributed by atoms with Gasteiger partial charge in [0.15, 0.2) is 0 Å². The molecule has 0 saturated heterocycles. The van der Waals surface area contributed by atoms with Gasteiger partial charge in [-0.25, -0.2) is 0 Å². The molecule has 18 heavy (non-hydrogen) atoms. The highest BCUT2D eigenvalue weighted by molar-refractivity contribution is 5.75. The second-order valence-corrected chi connectivity index (χ2v) is 4.32. The Labute approximate surface area is 108 Å². The molecule has 3 nitrogen and oxygen atoms in total. The van der Waals surface area contributed by atoms with E-state index >= 15 is 0 Å². The predicted molar refractivity (Wildman–Crippen MR) is 74.6 cm³/mol. The van der Waals surface area contributed by atoms with E-state index in [-0.39, 0.29) is 0 Å². The summed E-state index contributed by atoms with van der Waals surface area (Å²) >= 11 is 0. The number of ether oxygens (including phenoxy) is 1. The van der Waals surface area contributed by atoms with Gasteiger partial charge in [0, 0.05) is 11.8 Å². The molecular formula is C15H18N2O. The van der Waals surface area contributed by atoms with Crippen molar-refractivity contribution in [2.24, 2.45) is 0 Å². The number of nitrogens with zero attached hydrogens (tertiary/aromatic N) is 1. The molecule has 0 bridgehead atoms. The van der Waals surface area contributed by atoms with Crippen LogP contribution >= 0.6 is 0 Å². The molecule has 0 unspecified atom stereocenters. The van der Waals surface area contributed by atoms with E-state index in [0.717, 1.165) is 30.0 Å². The Balaban J connectivity index is 0.000000164. The molecule has 1 heterocycles. The van der Waals surface area contributed by atoms with E-state index in [1.807, 2.05) is 37.4 Å². The molecule has 0 amide bonds. The van der Waals surface area contributed by atoms with E-state index in [4.69, 9.17) is 10.5 Å². The number of aromatic nitrogens is 1. The monoisotopic (exact) mass is 242 g/mol. The van der Waals surface area contributed by atoms with Crippen LogP contribution < -0.4 is 10.5 Å². The molecule has 1 aliphatic heterocycles. The zero-order valence-corrected chi connectivity index (χ0v) is 10.8. The van der Waals surface area contributed by atoms with Gasteiger partial charge < -0.3 is 10.5 Å². The van der Waals surface area contributed by atoms with Gasteiger partial charge in [-0.05, 0) is 43.2 Å². The van der Waals surface area contributed by atoms with Crippen molar-refractivity contribution in [2.75, 3.05) is 12.3 Å². The Morgan fingerprint density at radius 2 is 2.06 bits per heavy atom. The highest BCUT2D eigenvalue weighted by Gasteiger charge is 2.09. The Morgan fingerprint density at radius 3 is 2.50 bits per heavy atom. The van der Waals surface area contributed by atoms with Gasteiger partial charge in [0.1, 0.15) is 5.75 Å². The van der Waals surface area contributed by atoms with Crippen LogP contribution in [-0.4, -0.2) is 11.6 Å². The lowest BCUT2D eigenvalue weighted by Gasteiger charge is -2.07. The van der Waals surface area contributed by atoms with E-state index in [0.29, 0.717) is 0 Å². The largest absolute Gasteiger partial charge is 0.491 e. The summed E-state index contributed by atoms with van der Waals surface area (Å²) in [5, 5.41) is 0. The maximum absolute atomic E-state index is 5.74. The van der Waals surface area contributed by atoms with Gasteiger partial charge in [-0.2, -0.15) is 0 Å². The summed E-state index contributed by atoms with van der Waals surface area (Å²) < 4.78 is 5.42. The summed E-state index contributed by atoms with van der Waals surface area (Å²) in [7, 11) is 0. The minimum absolute atomic E-state index is 0.725. The standard InChI is InChI=1S/C10H15NO.C5H3N/c1-3-6-12-10-5-4-8(2)7-9(10)11;1-2-6-5-3-4(1)5/h4-5,7H,3,6,11H2,1-2H3;1-3H. The molecule has 1 aromatic carbocycles. The number of nitrogens with two attached hydrogens (primary N) is 1. The fourth-order valence-electron chi connectivity index (χ4n) is 1.57. The SMILES string of the molecule is CCCOc1ccc(C)cc1N.c1cc2cc-2n1. The van der Waals surface area contributed by atoms with E-state index < -0.39 is 0 Å². The van der Waals surface area contributed by atoms with Crippen molar-refractivity contribution in [3.05, 3.63) is 42.1 Å². The summed E-state index contributed by atoms with van der Waals surface area (Å²) in [6, 6.07) is 9.90. The fourth-order valence-corrected chi connectivity index (χ4v) is 1.57. The van der Waals surface area contributed by atoms with Crippen LogP contribution in [0.25, 0.3) is 11.3 Å². The van der Waals surface area contributed by atoms with E-state index in [2.05, 4.69) is 18.0 Å². The van der Waals surface area contributed by atoms with Crippen molar-refractivity contribution < 1.29 is 4.74 Å². The summed E-state index contributed by atoms with van der Waals surface area (Å²) in [5.41, 5.74) is 10.1. The summed E-state index contributed by atoms with van der Waals surface area (Å²) in [6.45, 7) is 4.82. The Bertz CT molecular complexity index is 521. The van der Waals surface area contributed by atoms with Gasteiger partial charge >= 0.3 is 0 Å². The lowest BCUT2D eigenvalue weighted by molar-refractivity contribution is 0.319. The Hall–Kier alpha value is -2.03. The third-order valence-electron chi connectivity index (χ3n) is 2.60. The lowest BCUT2D eigenvalue weighted by atomic mass is 10.2. The number of aryl methyl sites for hydroxylation is 1. The molecule has 2 N–H and O–H groups in total. The third-order valence-corrected chi connectivity index (χ3v) is 2.60. The van der Waals surface area contributed by atoms with Gasteiger partial charge in [-0.3, -0.25) is 4.98 Å². The average Bonchev–Trinajstić information content (AvgIpc) is 2.96. The highest BCUT2D eigenvalue weighted by Crippen LogP contribution is 2.29. The van der Waals surface area contributed by atoms with Crippen molar-refractivity contribution in [1.82, 2.24) is 4.98 Å². The molecule has 0 radical (unpaired) electrons. The average molecular weight is 242 g/mol. The fraction of sp³-hybridized carbons (Fsp3) is 0.267. The molecule has 0 saturated carbocycles. The molecule has 0 spiro atoms. The second kappa shape index (κ2) is 5.54. The number of hydrogen-bond donors (Lipinski definition) is 1. The van der Waals surface area contributed by atoms with Crippen LogP contribution in [0.4, 0.5) is 5.69 Å². The lowest BCUT2D eigenvalue weighted by Crippen LogP contribution is -1.98. The maximum Gasteiger partial charge on any atom is 0.142 e. The quantitative estimate of drug-likeness (QED) is 0.716. The van der Waals surface area contributed by atoms with Gasteiger partial charge in [-0.1, -0.05) is 13.0 Å². The van der Waals surface area contributed by atoms with Crippen LogP contribution in [0.3, 0.4) is 0 Å². The van der Waals surface area contributed by atoms with Gasteiger partial charge in [0.05, 0.1) is 18.0 Å². The molecule has 1 aromatic rings. The number of benzene rings is 1. The zero-order chi connectivity index (χ0) is 13.0. The topological polar surface area (TPSA) is 48.1 Å². The van der Waals surface area contributed by atoms with E-state index in [1.54, 1.807) is 0 Å². The second-order valence-electron chi connectivity index (χ2n) is 4.32. The van der Waals surface area contributed by atoms with Crippen LogP contribution in [-0.2, 0) is 0 Å². The first kappa shape index (κ1) is 12.4. The highest BCUT2D eigenvalue weighted by atomic mass is 16.5. The molecular weight excluding hydrogens is 224 g/mol. The van der Waals surface area contributed by atoms with Crippen LogP contribution in [0.15, 0.2) is 36.5 Å². The third kappa shape index (κ3) is 3.23. The van der Waals surface area contributed by atoms with Crippen molar-refractivity contribution in [3.63, 3.8) is 0 Å². The van der Waals surface area contributed by atoms with Gasteiger partial charge in [0.2, 0.25) is 0 Å². The van der Waals surface area contributed by atoms with Gasteiger partial charge in [0.25, 0.3) is 0 Å². The smallest absolute Gasteiger partial charge is 0.142 e. The molecule has 0 fully saturated rings. The van der Waals surface area contributed by atoms with E-state index in [1.165, 1.54) is 11.3 Å². The van der Waals surface area contributed by atoms with Crippen molar-refractivity contribution in [2.45, 2.75) is 20.3 Å².